The summed E-state index contributed by atoms with van der Waals surface area (Å²) in [6.45, 7) is 3.09. The monoisotopic (exact) mass is 467 g/mol. The van der Waals surface area contributed by atoms with Gasteiger partial charge in [0.05, 0.1) is 10.4 Å². The topological polar surface area (TPSA) is 104 Å². The zero-order chi connectivity index (χ0) is 22.7. The third kappa shape index (κ3) is 3.98. The molecule has 4 bridgehead atoms. The van der Waals surface area contributed by atoms with Gasteiger partial charge in [-0.2, -0.15) is 4.72 Å². The molecule has 4 aliphatic rings. The smallest absolute Gasteiger partial charge is 0.243 e. The van der Waals surface area contributed by atoms with Gasteiger partial charge in [0.15, 0.2) is 0 Å². The molecule has 2 atom stereocenters. The number of carbonyl (C=O) groups is 2. The molecule has 7 nitrogen and oxygen atoms in total. The van der Waals surface area contributed by atoms with E-state index < -0.39 is 32.4 Å². The van der Waals surface area contributed by atoms with Crippen molar-refractivity contribution >= 4 is 33.4 Å². The van der Waals surface area contributed by atoms with Crippen molar-refractivity contribution in [1.29, 1.82) is 0 Å². The fraction of sp³-hybridized carbons (Fsp3) is 0.636. The van der Waals surface area contributed by atoms with E-state index in [1.54, 1.807) is 33.0 Å². The number of hydrogen-bond donors (Lipinski definition) is 3. The van der Waals surface area contributed by atoms with Crippen LogP contribution >= 0.6 is 11.6 Å². The highest BCUT2D eigenvalue weighted by Crippen LogP contribution is 2.61. The van der Waals surface area contributed by atoms with E-state index in [4.69, 9.17) is 11.6 Å². The fourth-order valence-electron chi connectivity index (χ4n) is 6.44. The van der Waals surface area contributed by atoms with E-state index >= 15 is 0 Å². The van der Waals surface area contributed by atoms with Crippen LogP contribution < -0.4 is 15.4 Å². The summed E-state index contributed by atoms with van der Waals surface area (Å²) in [4.78, 5) is 26.0. The van der Waals surface area contributed by atoms with E-state index in [9.17, 15) is 18.0 Å². The van der Waals surface area contributed by atoms with Crippen LogP contribution in [0.2, 0.25) is 5.02 Å². The van der Waals surface area contributed by atoms with Gasteiger partial charge >= 0.3 is 0 Å². The molecule has 2 unspecified atom stereocenters. The predicted molar refractivity (Wildman–Crippen MR) is 118 cm³/mol. The summed E-state index contributed by atoms with van der Waals surface area (Å²) in [6, 6.07) is 6.14. The van der Waals surface area contributed by atoms with Crippen LogP contribution in [0.1, 0.15) is 52.4 Å². The van der Waals surface area contributed by atoms with E-state index in [0.717, 1.165) is 32.1 Å². The molecule has 1 aromatic carbocycles. The van der Waals surface area contributed by atoms with Gasteiger partial charge in [0.25, 0.3) is 0 Å². The van der Waals surface area contributed by atoms with Crippen LogP contribution in [-0.4, -0.2) is 38.4 Å². The molecule has 0 radical (unpaired) electrons. The third-order valence-corrected chi connectivity index (χ3v) is 9.39. The first-order valence-corrected chi connectivity index (χ1v) is 12.6. The highest BCUT2D eigenvalue weighted by atomic mass is 35.5. The Bertz CT molecular complexity index is 1010. The molecule has 170 valence electrons. The SMILES string of the molecule is CNC(=O)C12CC3CC(CC(NC(=O)C(C)(C)NS(=O)(=O)c4ccccc4Cl)(C3)C1)C2. The maximum absolute atomic E-state index is 13.3. The Morgan fingerprint density at radius 2 is 1.71 bits per heavy atom. The lowest BCUT2D eigenvalue weighted by Gasteiger charge is -2.61. The van der Waals surface area contributed by atoms with E-state index in [0.29, 0.717) is 18.3 Å². The highest BCUT2D eigenvalue weighted by molar-refractivity contribution is 7.89. The van der Waals surface area contributed by atoms with E-state index in [2.05, 4.69) is 15.4 Å². The summed E-state index contributed by atoms with van der Waals surface area (Å²) in [5, 5.41) is 6.10. The first kappa shape index (κ1) is 22.6. The lowest BCUT2D eigenvalue weighted by atomic mass is 9.46. The predicted octanol–water partition coefficient (Wildman–Crippen LogP) is 2.60. The minimum atomic E-state index is -4.00. The van der Waals surface area contributed by atoms with Crippen molar-refractivity contribution in [2.45, 2.75) is 68.3 Å². The number of rotatable bonds is 6. The molecule has 0 spiro atoms. The molecule has 4 fully saturated rings. The van der Waals surface area contributed by atoms with Gasteiger partial charge < -0.3 is 10.6 Å². The summed E-state index contributed by atoms with van der Waals surface area (Å²) in [5.74, 6) is 0.472. The van der Waals surface area contributed by atoms with E-state index in [-0.39, 0.29) is 15.8 Å². The van der Waals surface area contributed by atoms with Crippen molar-refractivity contribution in [2.75, 3.05) is 7.05 Å². The highest BCUT2D eigenvalue weighted by Gasteiger charge is 2.61. The lowest BCUT2D eigenvalue weighted by molar-refractivity contribution is -0.153. The van der Waals surface area contributed by atoms with Crippen LogP contribution in [0, 0.1) is 17.3 Å². The molecule has 4 aliphatic carbocycles. The molecule has 5 rings (SSSR count). The molecule has 0 aromatic heterocycles. The number of halogens is 1. The summed E-state index contributed by atoms with van der Waals surface area (Å²) >= 11 is 6.06. The van der Waals surface area contributed by atoms with Crippen LogP contribution in [-0.2, 0) is 19.6 Å². The Hall–Kier alpha value is -1.64. The quantitative estimate of drug-likeness (QED) is 0.598. The second kappa shape index (κ2) is 7.46. The van der Waals surface area contributed by atoms with E-state index in [1.165, 1.54) is 12.1 Å². The zero-order valence-electron chi connectivity index (χ0n) is 18.1. The van der Waals surface area contributed by atoms with Crippen LogP contribution in [0.4, 0.5) is 0 Å². The molecule has 0 aliphatic heterocycles. The molecule has 0 heterocycles. The fourth-order valence-corrected chi connectivity index (χ4v) is 8.33. The number of carbonyl (C=O) groups excluding carboxylic acids is 2. The minimum absolute atomic E-state index is 0.0545. The molecule has 31 heavy (non-hydrogen) atoms. The largest absolute Gasteiger partial charge is 0.359 e. The van der Waals surface area contributed by atoms with Crippen molar-refractivity contribution in [2.24, 2.45) is 17.3 Å². The Balaban J connectivity index is 1.55. The van der Waals surface area contributed by atoms with Gasteiger partial charge in [0.1, 0.15) is 10.4 Å². The van der Waals surface area contributed by atoms with Gasteiger partial charge in [-0.3, -0.25) is 9.59 Å². The Labute approximate surface area is 188 Å². The lowest BCUT2D eigenvalue weighted by Crippen LogP contribution is -2.68. The number of hydrogen-bond acceptors (Lipinski definition) is 4. The van der Waals surface area contributed by atoms with Gasteiger partial charge in [-0.1, -0.05) is 23.7 Å². The van der Waals surface area contributed by atoms with Crippen LogP contribution in [0.25, 0.3) is 0 Å². The zero-order valence-corrected chi connectivity index (χ0v) is 19.7. The number of sulfonamides is 1. The minimum Gasteiger partial charge on any atom is -0.359 e. The average molecular weight is 468 g/mol. The van der Waals surface area contributed by atoms with Gasteiger partial charge in [-0.15, -0.1) is 0 Å². The van der Waals surface area contributed by atoms with Crippen LogP contribution in [0.15, 0.2) is 29.2 Å². The van der Waals surface area contributed by atoms with Gasteiger partial charge in [0, 0.05) is 12.6 Å². The molecular formula is C22H30ClN3O4S. The average Bonchev–Trinajstić information content (AvgIpc) is 2.65. The standard InChI is InChI=1S/C22H30ClN3O4S/c1-20(2,26-31(29,30)17-7-5-4-6-16(17)23)18(27)25-22-11-14-8-15(12-22)10-21(9-14,13-22)19(28)24-3/h4-7,14-15,26H,8-13H2,1-3H3,(H,24,28)(H,25,27). The summed E-state index contributed by atoms with van der Waals surface area (Å²) in [6.07, 6.45) is 5.10. The van der Waals surface area contributed by atoms with Gasteiger partial charge in [-0.25, -0.2) is 8.42 Å². The second-order valence-electron chi connectivity index (χ2n) is 10.2. The molecular weight excluding hydrogens is 438 g/mol. The summed E-state index contributed by atoms with van der Waals surface area (Å²) in [7, 11) is -2.33. The molecule has 3 N–H and O–H groups in total. The Kier molecular flexibility index (Phi) is 5.42. The van der Waals surface area contributed by atoms with Crippen LogP contribution in [0.5, 0.6) is 0 Å². The third-order valence-electron chi connectivity index (χ3n) is 7.23. The summed E-state index contributed by atoms with van der Waals surface area (Å²) in [5.41, 5.74) is -2.30. The van der Waals surface area contributed by atoms with Gasteiger partial charge in [0.2, 0.25) is 21.8 Å². The summed E-state index contributed by atoms with van der Waals surface area (Å²) < 4.78 is 28.3. The molecule has 9 heteroatoms. The molecule has 4 saturated carbocycles. The molecule has 1 aromatic rings. The van der Waals surface area contributed by atoms with Crippen molar-refractivity contribution in [3.05, 3.63) is 29.3 Å². The van der Waals surface area contributed by atoms with Crippen molar-refractivity contribution in [3.63, 3.8) is 0 Å². The maximum atomic E-state index is 13.3. The maximum Gasteiger partial charge on any atom is 0.243 e. The van der Waals surface area contributed by atoms with Crippen molar-refractivity contribution in [1.82, 2.24) is 15.4 Å². The second-order valence-corrected chi connectivity index (χ2v) is 12.3. The van der Waals surface area contributed by atoms with Crippen LogP contribution in [0.3, 0.4) is 0 Å². The number of benzene rings is 1. The van der Waals surface area contributed by atoms with Gasteiger partial charge in [-0.05, 0) is 76.3 Å². The van der Waals surface area contributed by atoms with Crippen molar-refractivity contribution < 1.29 is 18.0 Å². The number of nitrogens with one attached hydrogen (secondary N) is 3. The first-order valence-electron chi connectivity index (χ1n) is 10.7. The van der Waals surface area contributed by atoms with E-state index in [1.807, 2.05) is 0 Å². The first-order chi connectivity index (χ1) is 14.4. The Morgan fingerprint density at radius 1 is 1.10 bits per heavy atom. The Morgan fingerprint density at radius 3 is 2.29 bits per heavy atom. The molecule has 0 saturated heterocycles. The molecule has 2 amide bonds. The number of amides is 2. The van der Waals surface area contributed by atoms with Crippen molar-refractivity contribution in [3.8, 4) is 0 Å². The normalized spacial score (nSPS) is 32.0.